The van der Waals surface area contributed by atoms with Crippen LogP contribution in [-0.4, -0.2) is 11.6 Å². The Hall–Kier alpha value is -1.53. The largest absolute Gasteiger partial charge is 0.434 e. The molecule has 0 bridgehead atoms. The second-order valence-corrected chi connectivity index (χ2v) is 5.42. The van der Waals surface area contributed by atoms with E-state index in [9.17, 15) is 8.78 Å². The summed E-state index contributed by atoms with van der Waals surface area (Å²) >= 11 is 3.33. The summed E-state index contributed by atoms with van der Waals surface area (Å²) in [7, 11) is 0. The number of nitrogens with one attached hydrogen (secondary N) is 1. The monoisotopic (exact) mass is 356 g/mol. The van der Waals surface area contributed by atoms with E-state index in [2.05, 4.69) is 31.0 Å². The average Bonchev–Trinajstić information content (AvgIpc) is 2.41. The number of hydrogen-bond donors (Lipinski definition) is 1. The lowest BCUT2D eigenvalue weighted by atomic mass is 10.2. The number of benzene rings is 1. The molecule has 3 nitrogen and oxygen atoms in total. The molecule has 2 aromatic rings. The molecule has 0 aliphatic heterocycles. The Morgan fingerprint density at radius 3 is 2.76 bits per heavy atom. The minimum Gasteiger partial charge on any atom is -0.434 e. The molecule has 1 aromatic heterocycles. The number of nitrogens with zero attached hydrogens (tertiary/aromatic N) is 1. The molecule has 0 saturated heterocycles. The van der Waals surface area contributed by atoms with Crippen LogP contribution in [-0.2, 0) is 13.1 Å². The van der Waals surface area contributed by atoms with E-state index >= 15 is 0 Å². The van der Waals surface area contributed by atoms with Crippen molar-refractivity contribution in [2.45, 2.75) is 26.6 Å². The van der Waals surface area contributed by atoms with E-state index in [1.165, 1.54) is 6.07 Å². The maximum Gasteiger partial charge on any atom is 0.387 e. The van der Waals surface area contributed by atoms with Crippen molar-refractivity contribution in [2.24, 2.45) is 0 Å². The fraction of sp³-hybridized carbons (Fsp3) is 0.267. The molecular weight excluding hydrogens is 342 g/mol. The molecule has 0 fully saturated rings. The van der Waals surface area contributed by atoms with Gasteiger partial charge in [-0.05, 0) is 37.3 Å². The molecule has 0 saturated carbocycles. The SMILES string of the molecule is Cc1cccc(CNCc2cc(Br)ccc2OC(F)F)n1. The Kier molecular flexibility index (Phi) is 5.64. The molecule has 1 heterocycles. The van der Waals surface area contributed by atoms with Gasteiger partial charge in [0.05, 0.1) is 5.69 Å². The summed E-state index contributed by atoms with van der Waals surface area (Å²) in [5.74, 6) is 0.179. The van der Waals surface area contributed by atoms with Gasteiger partial charge in [-0.2, -0.15) is 8.78 Å². The second-order valence-electron chi connectivity index (χ2n) is 4.50. The van der Waals surface area contributed by atoms with Crippen LogP contribution < -0.4 is 10.1 Å². The van der Waals surface area contributed by atoms with Gasteiger partial charge in [-0.25, -0.2) is 0 Å². The van der Waals surface area contributed by atoms with Gasteiger partial charge in [0, 0.05) is 28.8 Å². The number of pyridine rings is 1. The van der Waals surface area contributed by atoms with E-state index in [4.69, 9.17) is 0 Å². The first-order chi connectivity index (χ1) is 10.0. The summed E-state index contributed by atoms with van der Waals surface area (Å²) in [6, 6.07) is 10.7. The molecule has 0 radical (unpaired) electrons. The summed E-state index contributed by atoms with van der Waals surface area (Å²) in [5.41, 5.74) is 2.51. The highest BCUT2D eigenvalue weighted by molar-refractivity contribution is 9.10. The smallest absolute Gasteiger partial charge is 0.387 e. The van der Waals surface area contributed by atoms with Crippen molar-refractivity contribution in [3.05, 3.63) is 57.8 Å². The fourth-order valence-electron chi connectivity index (χ4n) is 1.92. The van der Waals surface area contributed by atoms with Gasteiger partial charge in [-0.15, -0.1) is 0 Å². The maximum atomic E-state index is 12.4. The van der Waals surface area contributed by atoms with E-state index in [-0.39, 0.29) is 5.75 Å². The normalized spacial score (nSPS) is 10.9. The minimum absolute atomic E-state index is 0.179. The van der Waals surface area contributed by atoms with Crippen molar-refractivity contribution < 1.29 is 13.5 Å². The molecule has 0 amide bonds. The van der Waals surface area contributed by atoms with Crippen LogP contribution in [0.2, 0.25) is 0 Å². The number of alkyl halides is 2. The van der Waals surface area contributed by atoms with Gasteiger partial charge in [-0.3, -0.25) is 4.98 Å². The van der Waals surface area contributed by atoms with Gasteiger partial charge in [0.15, 0.2) is 0 Å². The molecule has 0 aliphatic rings. The zero-order valence-electron chi connectivity index (χ0n) is 11.4. The Bertz CT molecular complexity index is 608. The average molecular weight is 357 g/mol. The molecule has 0 aliphatic carbocycles. The number of aryl methyl sites for hydroxylation is 1. The third kappa shape index (κ3) is 5.06. The van der Waals surface area contributed by atoms with E-state index in [1.807, 2.05) is 25.1 Å². The number of rotatable bonds is 6. The van der Waals surface area contributed by atoms with E-state index in [1.54, 1.807) is 12.1 Å². The topological polar surface area (TPSA) is 34.1 Å². The van der Waals surface area contributed by atoms with Crippen LogP contribution in [0.25, 0.3) is 0 Å². The highest BCUT2D eigenvalue weighted by Crippen LogP contribution is 2.24. The first kappa shape index (κ1) is 15.9. The van der Waals surface area contributed by atoms with E-state index in [0.29, 0.717) is 18.7 Å². The van der Waals surface area contributed by atoms with Crippen molar-refractivity contribution in [3.63, 3.8) is 0 Å². The number of halogens is 3. The van der Waals surface area contributed by atoms with Crippen LogP contribution >= 0.6 is 15.9 Å². The molecule has 1 N–H and O–H groups in total. The number of ether oxygens (including phenoxy) is 1. The van der Waals surface area contributed by atoms with Gasteiger partial charge < -0.3 is 10.1 Å². The van der Waals surface area contributed by atoms with Crippen LogP contribution in [0.4, 0.5) is 8.78 Å². The fourth-order valence-corrected chi connectivity index (χ4v) is 2.33. The molecule has 6 heteroatoms. The number of hydrogen-bond acceptors (Lipinski definition) is 3. The highest BCUT2D eigenvalue weighted by atomic mass is 79.9. The van der Waals surface area contributed by atoms with Gasteiger partial charge >= 0.3 is 6.61 Å². The maximum absolute atomic E-state index is 12.4. The van der Waals surface area contributed by atoms with Crippen molar-refractivity contribution >= 4 is 15.9 Å². The van der Waals surface area contributed by atoms with Gasteiger partial charge in [0.2, 0.25) is 0 Å². The zero-order chi connectivity index (χ0) is 15.2. The molecule has 1 aromatic carbocycles. The Morgan fingerprint density at radius 1 is 1.24 bits per heavy atom. The van der Waals surface area contributed by atoms with Crippen LogP contribution in [0.3, 0.4) is 0 Å². The number of aromatic nitrogens is 1. The summed E-state index contributed by atoms with van der Waals surface area (Å²) in [6.07, 6.45) is 0. The summed E-state index contributed by atoms with van der Waals surface area (Å²) in [6.45, 7) is 0.0644. The second kappa shape index (κ2) is 7.47. The van der Waals surface area contributed by atoms with Crippen molar-refractivity contribution in [2.75, 3.05) is 0 Å². The molecule has 2 rings (SSSR count). The first-order valence-corrected chi connectivity index (χ1v) is 7.20. The summed E-state index contributed by atoms with van der Waals surface area (Å²) in [4.78, 5) is 4.37. The Balaban J connectivity index is 2.00. The minimum atomic E-state index is -2.83. The molecule has 0 spiro atoms. The van der Waals surface area contributed by atoms with Crippen molar-refractivity contribution in [1.82, 2.24) is 10.3 Å². The predicted molar refractivity (Wildman–Crippen MR) is 80.3 cm³/mol. The molecular formula is C15H15BrF2N2O. The Morgan fingerprint density at radius 2 is 2.05 bits per heavy atom. The quantitative estimate of drug-likeness (QED) is 0.847. The standard InChI is InChI=1S/C15H15BrF2N2O/c1-10-3-2-4-13(20-10)9-19-8-11-7-12(16)5-6-14(11)21-15(17)18/h2-7,15,19H,8-9H2,1H3. The highest BCUT2D eigenvalue weighted by Gasteiger charge is 2.10. The first-order valence-electron chi connectivity index (χ1n) is 6.41. The van der Waals surface area contributed by atoms with Crippen LogP contribution in [0.15, 0.2) is 40.9 Å². The van der Waals surface area contributed by atoms with Gasteiger partial charge in [0.1, 0.15) is 5.75 Å². The van der Waals surface area contributed by atoms with Crippen molar-refractivity contribution in [3.8, 4) is 5.75 Å². The zero-order valence-corrected chi connectivity index (χ0v) is 13.0. The summed E-state index contributed by atoms with van der Waals surface area (Å²) in [5, 5.41) is 3.18. The lowest BCUT2D eigenvalue weighted by Gasteiger charge is -2.12. The van der Waals surface area contributed by atoms with E-state index in [0.717, 1.165) is 15.9 Å². The molecule has 0 unspecified atom stereocenters. The third-order valence-electron chi connectivity index (χ3n) is 2.81. The van der Waals surface area contributed by atoms with Crippen LogP contribution in [0, 0.1) is 6.92 Å². The van der Waals surface area contributed by atoms with E-state index < -0.39 is 6.61 Å². The predicted octanol–water partition coefficient (Wildman–Crippen LogP) is 4.04. The van der Waals surface area contributed by atoms with Gasteiger partial charge in [-0.1, -0.05) is 22.0 Å². The lowest BCUT2D eigenvalue weighted by Crippen LogP contribution is -2.15. The lowest BCUT2D eigenvalue weighted by molar-refractivity contribution is -0.0505. The Labute approximate surface area is 130 Å². The van der Waals surface area contributed by atoms with Gasteiger partial charge in [0.25, 0.3) is 0 Å². The molecule has 21 heavy (non-hydrogen) atoms. The van der Waals surface area contributed by atoms with Crippen LogP contribution in [0.1, 0.15) is 17.0 Å². The molecule has 0 atom stereocenters. The molecule has 112 valence electrons. The third-order valence-corrected chi connectivity index (χ3v) is 3.30. The summed E-state index contributed by atoms with van der Waals surface area (Å²) < 4.78 is 30.1. The van der Waals surface area contributed by atoms with Crippen molar-refractivity contribution in [1.29, 1.82) is 0 Å². The van der Waals surface area contributed by atoms with Crippen LogP contribution in [0.5, 0.6) is 5.75 Å².